The van der Waals surface area contributed by atoms with E-state index in [1.807, 2.05) is 24.3 Å². The van der Waals surface area contributed by atoms with Crippen molar-refractivity contribution in [2.75, 3.05) is 7.05 Å². The van der Waals surface area contributed by atoms with Crippen LogP contribution in [0.2, 0.25) is 0 Å². The van der Waals surface area contributed by atoms with Gasteiger partial charge in [0.15, 0.2) is 0 Å². The molecule has 7 heteroatoms. The monoisotopic (exact) mass is 455 g/mol. The lowest BCUT2D eigenvalue weighted by Gasteiger charge is -2.14. The minimum absolute atomic E-state index is 0.0508. The highest BCUT2D eigenvalue weighted by Crippen LogP contribution is 2.30. The topological polar surface area (TPSA) is 51.0 Å². The fourth-order valence-electron chi connectivity index (χ4n) is 3.14. The van der Waals surface area contributed by atoms with E-state index in [4.69, 9.17) is 9.47 Å². The Kier molecular flexibility index (Phi) is 7.43. The molecule has 3 rings (SSSR count). The Labute approximate surface area is 190 Å². The average molecular weight is 455 g/mol. The number of ether oxygens (including phenoxy) is 2. The summed E-state index contributed by atoms with van der Waals surface area (Å²) >= 11 is 0. The molecule has 0 bridgehead atoms. The SMILES string of the molecule is C=C(Oc1ccc(CC)cc1)C(=NC)c1ccc(OCc2ccc(C(F)(F)F)cc2)cc1O. The predicted octanol–water partition coefficient (Wildman–Crippen LogP) is 6.56. The number of nitrogens with zero attached hydrogens (tertiary/aromatic N) is 1. The highest BCUT2D eigenvalue weighted by molar-refractivity contribution is 6.12. The van der Waals surface area contributed by atoms with E-state index in [2.05, 4.69) is 18.5 Å². The number of allylic oxidation sites excluding steroid dienone is 1. The van der Waals surface area contributed by atoms with Gasteiger partial charge in [-0.15, -0.1) is 0 Å². The second kappa shape index (κ2) is 10.3. The number of benzene rings is 3. The number of halogens is 3. The summed E-state index contributed by atoms with van der Waals surface area (Å²) in [6.45, 7) is 6.05. The summed E-state index contributed by atoms with van der Waals surface area (Å²) in [6, 6.07) is 17.0. The van der Waals surface area contributed by atoms with Gasteiger partial charge in [-0.1, -0.05) is 37.8 Å². The summed E-state index contributed by atoms with van der Waals surface area (Å²) in [4.78, 5) is 4.20. The fraction of sp³-hybridized carbons (Fsp3) is 0.192. The van der Waals surface area contributed by atoms with Gasteiger partial charge in [0.05, 0.1) is 5.56 Å². The maximum atomic E-state index is 12.7. The van der Waals surface area contributed by atoms with Gasteiger partial charge in [0.1, 0.15) is 35.3 Å². The molecule has 0 heterocycles. The first-order chi connectivity index (χ1) is 15.7. The number of alkyl halides is 3. The molecule has 0 amide bonds. The number of aryl methyl sites for hydroxylation is 1. The summed E-state index contributed by atoms with van der Waals surface area (Å²) in [5, 5.41) is 10.5. The minimum atomic E-state index is -4.38. The molecule has 0 aliphatic heterocycles. The van der Waals surface area contributed by atoms with E-state index in [1.54, 1.807) is 19.2 Å². The van der Waals surface area contributed by atoms with Gasteiger partial charge >= 0.3 is 6.18 Å². The van der Waals surface area contributed by atoms with Crippen molar-refractivity contribution in [1.29, 1.82) is 0 Å². The van der Waals surface area contributed by atoms with E-state index in [0.29, 0.717) is 28.3 Å². The third kappa shape index (κ3) is 6.16. The third-order valence-corrected chi connectivity index (χ3v) is 4.97. The zero-order valence-corrected chi connectivity index (χ0v) is 18.3. The lowest BCUT2D eigenvalue weighted by molar-refractivity contribution is -0.137. The Morgan fingerprint density at radius 1 is 0.939 bits per heavy atom. The second-order valence-corrected chi connectivity index (χ2v) is 7.26. The van der Waals surface area contributed by atoms with E-state index >= 15 is 0 Å². The lowest BCUT2D eigenvalue weighted by atomic mass is 10.1. The molecule has 0 aromatic heterocycles. The molecule has 3 aromatic rings. The standard InChI is InChI=1S/C26H24F3NO3/c1-4-18-7-11-21(12-8-18)33-17(2)25(30-3)23-14-13-22(15-24(23)31)32-16-19-5-9-20(10-6-19)26(27,28)29/h5-15,31H,2,4,16H2,1,3H3. The smallest absolute Gasteiger partial charge is 0.416 e. The van der Waals surface area contributed by atoms with Crippen molar-refractivity contribution >= 4 is 5.71 Å². The van der Waals surface area contributed by atoms with Crippen LogP contribution in [0, 0.1) is 0 Å². The molecule has 33 heavy (non-hydrogen) atoms. The number of aliphatic imine (C=N–C) groups is 1. The molecule has 3 aromatic carbocycles. The Hall–Kier alpha value is -3.74. The molecule has 0 spiro atoms. The number of phenols is 1. The fourth-order valence-corrected chi connectivity index (χ4v) is 3.14. The van der Waals surface area contributed by atoms with Crippen LogP contribution in [0.4, 0.5) is 13.2 Å². The van der Waals surface area contributed by atoms with Crippen LogP contribution < -0.4 is 9.47 Å². The van der Waals surface area contributed by atoms with Crippen molar-refractivity contribution < 1.29 is 27.8 Å². The molecule has 0 atom stereocenters. The molecule has 172 valence electrons. The molecule has 4 nitrogen and oxygen atoms in total. The number of phenolic OH excluding ortho intramolecular Hbond substituents is 1. The molecular weight excluding hydrogens is 431 g/mol. The van der Waals surface area contributed by atoms with E-state index < -0.39 is 11.7 Å². The van der Waals surface area contributed by atoms with E-state index in [1.165, 1.54) is 23.8 Å². The van der Waals surface area contributed by atoms with Gasteiger partial charge in [-0.25, -0.2) is 0 Å². The average Bonchev–Trinajstić information content (AvgIpc) is 2.79. The third-order valence-electron chi connectivity index (χ3n) is 4.97. The molecule has 0 radical (unpaired) electrons. The number of rotatable bonds is 8. The summed E-state index contributed by atoms with van der Waals surface area (Å²) in [6.07, 6.45) is -3.46. The van der Waals surface area contributed by atoms with E-state index in [0.717, 1.165) is 18.6 Å². The number of hydrogen-bond acceptors (Lipinski definition) is 4. The molecule has 1 N–H and O–H groups in total. The van der Waals surface area contributed by atoms with Gasteiger partial charge in [0, 0.05) is 18.7 Å². The summed E-state index contributed by atoms with van der Waals surface area (Å²) < 4.78 is 49.4. The molecule has 0 aliphatic carbocycles. The zero-order valence-electron chi connectivity index (χ0n) is 18.3. The highest BCUT2D eigenvalue weighted by atomic mass is 19.4. The van der Waals surface area contributed by atoms with Gasteiger partial charge in [0.2, 0.25) is 0 Å². The Morgan fingerprint density at radius 2 is 1.55 bits per heavy atom. The Bertz CT molecular complexity index is 1130. The van der Waals surface area contributed by atoms with Gasteiger partial charge in [0.25, 0.3) is 0 Å². The minimum Gasteiger partial charge on any atom is -0.507 e. The highest BCUT2D eigenvalue weighted by Gasteiger charge is 2.29. The lowest BCUT2D eigenvalue weighted by Crippen LogP contribution is -2.10. The van der Waals surface area contributed by atoms with Crippen LogP contribution in [0.3, 0.4) is 0 Å². The van der Waals surface area contributed by atoms with Crippen LogP contribution in [-0.4, -0.2) is 17.9 Å². The van der Waals surface area contributed by atoms with Crippen molar-refractivity contribution in [2.45, 2.75) is 26.1 Å². The normalized spacial score (nSPS) is 11.8. The molecule has 0 saturated heterocycles. The second-order valence-electron chi connectivity index (χ2n) is 7.26. The zero-order chi connectivity index (χ0) is 24.0. The summed E-state index contributed by atoms with van der Waals surface area (Å²) in [5.74, 6) is 1.14. The van der Waals surface area contributed by atoms with Crippen LogP contribution in [0.5, 0.6) is 17.2 Å². The quantitative estimate of drug-likeness (QED) is 0.309. The molecule has 0 saturated carbocycles. The largest absolute Gasteiger partial charge is 0.507 e. The molecule has 0 aliphatic rings. The van der Waals surface area contributed by atoms with E-state index in [9.17, 15) is 18.3 Å². The van der Waals surface area contributed by atoms with E-state index in [-0.39, 0.29) is 18.1 Å². The van der Waals surface area contributed by atoms with Crippen molar-refractivity contribution in [3.8, 4) is 17.2 Å². The van der Waals surface area contributed by atoms with Crippen molar-refractivity contribution in [3.63, 3.8) is 0 Å². The number of aromatic hydroxyl groups is 1. The van der Waals surface area contributed by atoms with Crippen LogP contribution in [0.15, 0.2) is 84.1 Å². The molecule has 0 fully saturated rings. The Balaban J connectivity index is 1.67. The van der Waals surface area contributed by atoms with Gasteiger partial charge in [-0.2, -0.15) is 13.2 Å². The Morgan fingerprint density at radius 3 is 2.09 bits per heavy atom. The van der Waals surface area contributed by atoms with Crippen LogP contribution in [0.25, 0.3) is 0 Å². The summed E-state index contributed by atoms with van der Waals surface area (Å²) in [7, 11) is 1.57. The first-order valence-corrected chi connectivity index (χ1v) is 10.3. The van der Waals surface area contributed by atoms with Gasteiger partial charge < -0.3 is 14.6 Å². The van der Waals surface area contributed by atoms with Crippen molar-refractivity contribution in [1.82, 2.24) is 0 Å². The maximum Gasteiger partial charge on any atom is 0.416 e. The maximum absolute atomic E-state index is 12.7. The van der Waals surface area contributed by atoms with Crippen molar-refractivity contribution in [3.05, 3.63) is 101 Å². The van der Waals surface area contributed by atoms with Crippen LogP contribution in [0.1, 0.15) is 29.2 Å². The van der Waals surface area contributed by atoms with Crippen molar-refractivity contribution in [2.24, 2.45) is 4.99 Å². The predicted molar refractivity (Wildman–Crippen MR) is 122 cm³/mol. The van der Waals surface area contributed by atoms with Gasteiger partial charge in [-0.05, 0) is 53.9 Å². The first kappa shape index (κ1) is 23.9. The molecule has 0 unspecified atom stereocenters. The van der Waals surface area contributed by atoms with Crippen LogP contribution >= 0.6 is 0 Å². The first-order valence-electron chi connectivity index (χ1n) is 10.3. The van der Waals surface area contributed by atoms with Crippen LogP contribution in [-0.2, 0) is 19.2 Å². The number of hydrogen-bond donors (Lipinski definition) is 1. The summed E-state index contributed by atoms with van der Waals surface area (Å²) in [5.41, 5.74) is 1.82. The molecular formula is C26H24F3NO3. The van der Waals surface area contributed by atoms with Gasteiger partial charge in [-0.3, -0.25) is 4.99 Å².